The Hall–Kier alpha value is -0.900. The number of nitrogens with two attached hydrogens (primary N) is 1. The quantitative estimate of drug-likeness (QED) is 0.343. The third kappa shape index (κ3) is 4.80. The highest BCUT2D eigenvalue weighted by Crippen LogP contribution is 2.32. The molecule has 2 nitrogen and oxygen atoms in total. The maximum absolute atomic E-state index is 5.79. The van der Waals surface area contributed by atoms with Gasteiger partial charge in [-0.3, -0.25) is 11.3 Å². The first-order valence-corrected chi connectivity index (χ1v) is 9.17. The molecule has 0 bridgehead atoms. The van der Waals surface area contributed by atoms with Gasteiger partial charge in [-0.25, -0.2) is 0 Å². The molecule has 0 spiro atoms. The lowest BCUT2D eigenvalue weighted by atomic mass is 9.99. The zero-order chi connectivity index (χ0) is 14.9. The predicted octanol–water partition coefficient (Wildman–Crippen LogP) is 5.55. The highest BCUT2D eigenvalue weighted by molar-refractivity contribution is 7.17. The molecule has 0 fully saturated rings. The molecule has 1 heterocycles. The molecule has 3 N–H and O–H groups in total. The molecule has 0 aliphatic heterocycles. The fourth-order valence-electron chi connectivity index (χ4n) is 2.90. The van der Waals surface area contributed by atoms with E-state index in [4.69, 9.17) is 5.84 Å². The Balaban J connectivity index is 1.80. The lowest BCUT2D eigenvalue weighted by molar-refractivity contribution is 0.479. The van der Waals surface area contributed by atoms with Crippen molar-refractivity contribution in [3.63, 3.8) is 0 Å². The molecule has 2 aromatic rings. The summed E-state index contributed by atoms with van der Waals surface area (Å²) in [7, 11) is 0. The summed E-state index contributed by atoms with van der Waals surface area (Å²) in [5.74, 6) is 5.79. The van der Waals surface area contributed by atoms with Crippen molar-refractivity contribution in [3.8, 4) is 0 Å². The molecule has 1 unspecified atom stereocenters. The molecular formula is C18H28N2S. The third-order valence-electron chi connectivity index (χ3n) is 4.18. The van der Waals surface area contributed by atoms with E-state index in [0.717, 1.165) is 6.42 Å². The van der Waals surface area contributed by atoms with Crippen molar-refractivity contribution in [1.29, 1.82) is 0 Å². The van der Waals surface area contributed by atoms with Gasteiger partial charge in [-0.1, -0.05) is 70.1 Å². The molecule has 1 atom stereocenters. The van der Waals surface area contributed by atoms with E-state index in [1.807, 2.05) is 11.3 Å². The van der Waals surface area contributed by atoms with Gasteiger partial charge in [0, 0.05) is 10.7 Å². The Bertz CT molecular complexity index is 521. The summed E-state index contributed by atoms with van der Waals surface area (Å²) in [6.45, 7) is 2.27. The van der Waals surface area contributed by atoms with Crippen molar-refractivity contribution >= 4 is 21.4 Å². The second-order valence-corrected chi connectivity index (χ2v) is 6.73. The van der Waals surface area contributed by atoms with Crippen LogP contribution in [0.5, 0.6) is 0 Å². The summed E-state index contributed by atoms with van der Waals surface area (Å²) < 4.78 is 1.35. The smallest absolute Gasteiger partial charge is 0.0474 e. The van der Waals surface area contributed by atoms with Gasteiger partial charge in [0.05, 0.1) is 0 Å². The number of thiophene rings is 1. The van der Waals surface area contributed by atoms with Gasteiger partial charge in [-0.15, -0.1) is 11.3 Å². The second-order valence-electron chi connectivity index (χ2n) is 5.82. The SMILES string of the molecule is CCCCCCCCCC(NN)c1csc2ccccc12. The Morgan fingerprint density at radius 2 is 1.76 bits per heavy atom. The Kier molecular flexibility index (Phi) is 7.20. The van der Waals surface area contributed by atoms with Gasteiger partial charge < -0.3 is 0 Å². The fourth-order valence-corrected chi connectivity index (χ4v) is 3.92. The van der Waals surface area contributed by atoms with Crippen molar-refractivity contribution in [2.45, 2.75) is 64.3 Å². The van der Waals surface area contributed by atoms with E-state index in [0.29, 0.717) is 0 Å². The number of hydrazine groups is 1. The molecule has 0 amide bonds. The van der Waals surface area contributed by atoms with Crippen LogP contribution in [0.15, 0.2) is 29.6 Å². The lowest BCUT2D eigenvalue weighted by Crippen LogP contribution is -2.27. The van der Waals surface area contributed by atoms with Gasteiger partial charge in [-0.2, -0.15) is 0 Å². The average molecular weight is 305 g/mol. The van der Waals surface area contributed by atoms with Crippen molar-refractivity contribution in [2.24, 2.45) is 5.84 Å². The van der Waals surface area contributed by atoms with E-state index in [-0.39, 0.29) is 6.04 Å². The molecule has 0 saturated heterocycles. The third-order valence-corrected chi connectivity index (χ3v) is 5.17. The van der Waals surface area contributed by atoms with Gasteiger partial charge in [0.15, 0.2) is 0 Å². The van der Waals surface area contributed by atoms with Crippen molar-refractivity contribution in [3.05, 3.63) is 35.2 Å². The summed E-state index contributed by atoms with van der Waals surface area (Å²) in [5, 5.41) is 3.62. The summed E-state index contributed by atoms with van der Waals surface area (Å²) in [4.78, 5) is 0. The number of fused-ring (bicyclic) bond motifs is 1. The van der Waals surface area contributed by atoms with E-state index in [1.54, 1.807) is 0 Å². The molecule has 0 saturated carbocycles. The summed E-state index contributed by atoms with van der Waals surface area (Å²) in [6.07, 6.45) is 10.6. The average Bonchev–Trinajstić information content (AvgIpc) is 2.94. The Morgan fingerprint density at radius 3 is 2.52 bits per heavy atom. The van der Waals surface area contributed by atoms with E-state index in [1.165, 1.54) is 60.6 Å². The Morgan fingerprint density at radius 1 is 1.05 bits per heavy atom. The molecule has 3 heteroatoms. The number of hydrogen-bond acceptors (Lipinski definition) is 3. The maximum atomic E-state index is 5.79. The number of hydrogen-bond donors (Lipinski definition) is 2. The van der Waals surface area contributed by atoms with Gasteiger partial charge in [0.1, 0.15) is 0 Å². The van der Waals surface area contributed by atoms with E-state index < -0.39 is 0 Å². The number of unbranched alkanes of at least 4 members (excludes halogenated alkanes) is 6. The fraction of sp³-hybridized carbons (Fsp3) is 0.556. The summed E-state index contributed by atoms with van der Waals surface area (Å²) >= 11 is 1.81. The zero-order valence-corrected chi connectivity index (χ0v) is 13.9. The van der Waals surface area contributed by atoms with Gasteiger partial charge in [-0.05, 0) is 28.8 Å². The van der Waals surface area contributed by atoms with Crippen LogP contribution in [0.2, 0.25) is 0 Å². The van der Waals surface area contributed by atoms with E-state index in [2.05, 4.69) is 42.0 Å². The van der Waals surface area contributed by atoms with Crippen LogP contribution in [-0.2, 0) is 0 Å². The molecule has 0 aliphatic carbocycles. The second kappa shape index (κ2) is 9.19. The molecule has 1 aromatic heterocycles. The molecule has 2 rings (SSSR count). The predicted molar refractivity (Wildman–Crippen MR) is 94.5 cm³/mol. The van der Waals surface area contributed by atoms with Crippen LogP contribution in [0, 0.1) is 0 Å². The van der Waals surface area contributed by atoms with Gasteiger partial charge >= 0.3 is 0 Å². The van der Waals surface area contributed by atoms with Crippen LogP contribution in [-0.4, -0.2) is 0 Å². The lowest BCUT2D eigenvalue weighted by Gasteiger charge is -2.15. The van der Waals surface area contributed by atoms with Crippen LogP contribution in [0.1, 0.15) is 69.9 Å². The van der Waals surface area contributed by atoms with Crippen LogP contribution in [0.25, 0.3) is 10.1 Å². The molecule has 0 aliphatic rings. The Labute approximate surface area is 132 Å². The molecule has 116 valence electrons. The van der Waals surface area contributed by atoms with Crippen LogP contribution in [0.4, 0.5) is 0 Å². The topological polar surface area (TPSA) is 38.0 Å². The van der Waals surface area contributed by atoms with Crippen molar-refractivity contribution in [1.82, 2.24) is 5.43 Å². The number of benzene rings is 1. The van der Waals surface area contributed by atoms with Crippen molar-refractivity contribution in [2.75, 3.05) is 0 Å². The highest BCUT2D eigenvalue weighted by Gasteiger charge is 2.13. The van der Waals surface area contributed by atoms with Crippen LogP contribution >= 0.6 is 11.3 Å². The monoisotopic (exact) mass is 304 g/mol. The molecule has 21 heavy (non-hydrogen) atoms. The largest absolute Gasteiger partial charge is 0.271 e. The first-order chi connectivity index (χ1) is 10.4. The summed E-state index contributed by atoms with van der Waals surface area (Å²) in [6, 6.07) is 8.89. The minimum absolute atomic E-state index is 0.289. The zero-order valence-electron chi connectivity index (χ0n) is 13.1. The molecular weight excluding hydrogens is 276 g/mol. The van der Waals surface area contributed by atoms with Crippen LogP contribution in [0.3, 0.4) is 0 Å². The molecule has 1 aromatic carbocycles. The summed E-state index contributed by atoms with van der Waals surface area (Å²) in [5.41, 5.74) is 4.38. The minimum atomic E-state index is 0.289. The van der Waals surface area contributed by atoms with Gasteiger partial charge in [0.25, 0.3) is 0 Å². The highest BCUT2D eigenvalue weighted by atomic mass is 32.1. The van der Waals surface area contributed by atoms with Gasteiger partial charge in [0.2, 0.25) is 0 Å². The van der Waals surface area contributed by atoms with E-state index >= 15 is 0 Å². The normalized spacial score (nSPS) is 12.9. The van der Waals surface area contributed by atoms with Crippen molar-refractivity contribution < 1.29 is 0 Å². The minimum Gasteiger partial charge on any atom is -0.271 e. The van der Waals surface area contributed by atoms with E-state index in [9.17, 15) is 0 Å². The standard InChI is InChI=1S/C18H28N2S/c1-2-3-4-5-6-7-8-12-17(20-19)16-14-21-18-13-10-9-11-15(16)18/h9-11,13-14,17,20H,2-8,12,19H2,1H3. The first kappa shape index (κ1) is 16.5. The first-order valence-electron chi connectivity index (χ1n) is 8.29. The number of nitrogens with one attached hydrogen (secondary N) is 1. The maximum Gasteiger partial charge on any atom is 0.0474 e. The number of rotatable bonds is 10. The van der Waals surface area contributed by atoms with Crippen LogP contribution < -0.4 is 11.3 Å². The molecule has 0 radical (unpaired) electrons.